The summed E-state index contributed by atoms with van der Waals surface area (Å²) >= 11 is 0. The number of hydrogen-bond acceptors (Lipinski definition) is 4. The Hall–Kier alpha value is -2.24. The summed E-state index contributed by atoms with van der Waals surface area (Å²) < 4.78 is 0. The molecule has 1 aromatic carbocycles. The first kappa shape index (κ1) is 19.5. The van der Waals surface area contributed by atoms with Gasteiger partial charge in [0.25, 0.3) is 0 Å². The summed E-state index contributed by atoms with van der Waals surface area (Å²) in [6.07, 6.45) is 5.24. The molecule has 0 radical (unpaired) electrons. The molecule has 3 rings (SSSR count). The molecule has 1 amide bonds. The molecule has 1 atom stereocenters. The van der Waals surface area contributed by atoms with Gasteiger partial charge in [0.15, 0.2) is 0 Å². The van der Waals surface area contributed by atoms with E-state index in [1.807, 2.05) is 18.3 Å². The zero-order chi connectivity index (χ0) is 19.2. The van der Waals surface area contributed by atoms with Crippen LogP contribution in [-0.2, 0) is 4.79 Å². The lowest BCUT2D eigenvalue weighted by Gasteiger charge is -2.32. The van der Waals surface area contributed by atoms with Gasteiger partial charge in [-0.2, -0.15) is 0 Å². The molecule has 5 nitrogen and oxygen atoms in total. The van der Waals surface area contributed by atoms with Crippen molar-refractivity contribution in [3.05, 3.63) is 65.0 Å². The molecule has 1 fully saturated rings. The van der Waals surface area contributed by atoms with Gasteiger partial charge in [-0.15, -0.1) is 0 Å². The number of benzene rings is 1. The minimum atomic E-state index is -0.194. The Morgan fingerprint density at radius 2 is 2.00 bits per heavy atom. The van der Waals surface area contributed by atoms with E-state index in [1.54, 1.807) is 6.20 Å². The van der Waals surface area contributed by atoms with Crippen molar-refractivity contribution in [1.82, 2.24) is 15.2 Å². The van der Waals surface area contributed by atoms with Crippen molar-refractivity contribution < 1.29 is 9.90 Å². The van der Waals surface area contributed by atoms with Crippen molar-refractivity contribution in [1.29, 1.82) is 0 Å². The number of rotatable bonds is 6. The summed E-state index contributed by atoms with van der Waals surface area (Å²) in [7, 11) is 0. The number of β-amino-alcohol motifs (C(OH)–C–C–N with tert-alkyl or cyclic N) is 1. The number of carbonyl (C=O) groups excluding carboxylic acids is 1. The molecule has 144 valence electrons. The molecule has 1 aliphatic heterocycles. The maximum atomic E-state index is 13.0. The van der Waals surface area contributed by atoms with Crippen LogP contribution in [0.2, 0.25) is 0 Å². The monoisotopic (exact) mass is 367 g/mol. The van der Waals surface area contributed by atoms with Crippen LogP contribution in [0.25, 0.3) is 0 Å². The van der Waals surface area contributed by atoms with E-state index in [-0.39, 0.29) is 24.5 Å². The fourth-order valence-corrected chi connectivity index (χ4v) is 3.67. The van der Waals surface area contributed by atoms with Crippen LogP contribution in [-0.4, -0.2) is 47.1 Å². The highest BCUT2D eigenvalue weighted by molar-refractivity contribution is 5.79. The van der Waals surface area contributed by atoms with Gasteiger partial charge < -0.3 is 15.3 Å². The van der Waals surface area contributed by atoms with Gasteiger partial charge in [0.1, 0.15) is 0 Å². The van der Waals surface area contributed by atoms with Gasteiger partial charge in [-0.1, -0.05) is 24.3 Å². The van der Waals surface area contributed by atoms with E-state index in [2.05, 4.69) is 47.2 Å². The quantitative estimate of drug-likeness (QED) is 0.824. The number of aromatic nitrogens is 1. The van der Waals surface area contributed by atoms with Crippen molar-refractivity contribution in [2.75, 3.05) is 26.2 Å². The van der Waals surface area contributed by atoms with Gasteiger partial charge in [0.2, 0.25) is 5.91 Å². The first-order chi connectivity index (χ1) is 13.1. The molecule has 0 bridgehead atoms. The molecule has 5 heteroatoms. The number of piperidine rings is 1. The molecule has 2 N–H and O–H groups in total. The first-order valence-electron chi connectivity index (χ1n) is 9.69. The minimum absolute atomic E-state index is 0.0191. The molecule has 2 heterocycles. The van der Waals surface area contributed by atoms with Gasteiger partial charge in [0, 0.05) is 24.9 Å². The minimum Gasteiger partial charge on any atom is -0.395 e. The Kier molecular flexibility index (Phi) is 6.58. The van der Waals surface area contributed by atoms with Crippen LogP contribution in [0.3, 0.4) is 0 Å². The van der Waals surface area contributed by atoms with Crippen molar-refractivity contribution in [2.24, 2.45) is 5.92 Å². The van der Waals surface area contributed by atoms with Crippen LogP contribution in [0.15, 0.2) is 42.7 Å². The number of likely N-dealkylation sites (tertiary alicyclic amines) is 1. The number of hydrogen-bond donors (Lipinski definition) is 2. The van der Waals surface area contributed by atoms with Gasteiger partial charge in [-0.3, -0.25) is 9.78 Å². The van der Waals surface area contributed by atoms with Gasteiger partial charge in [0.05, 0.1) is 12.6 Å². The van der Waals surface area contributed by atoms with E-state index in [0.29, 0.717) is 6.54 Å². The number of nitrogens with one attached hydrogen (secondary N) is 1. The topological polar surface area (TPSA) is 65.5 Å². The van der Waals surface area contributed by atoms with Crippen LogP contribution in [0, 0.1) is 19.8 Å². The highest BCUT2D eigenvalue weighted by Gasteiger charge is 2.27. The third kappa shape index (κ3) is 4.93. The zero-order valence-corrected chi connectivity index (χ0v) is 16.2. The lowest BCUT2D eigenvalue weighted by molar-refractivity contribution is -0.127. The van der Waals surface area contributed by atoms with Crippen LogP contribution < -0.4 is 5.32 Å². The first-order valence-corrected chi connectivity index (χ1v) is 9.69. The fourth-order valence-electron chi connectivity index (χ4n) is 3.67. The number of amides is 1. The van der Waals surface area contributed by atoms with E-state index in [9.17, 15) is 4.79 Å². The molecule has 0 aliphatic carbocycles. The number of aryl methyl sites for hydroxylation is 2. The average Bonchev–Trinajstić information content (AvgIpc) is 2.70. The van der Waals surface area contributed by atoms with Crippen LogP contribution in [0.5, 0.6) is 0 Å². The number of aliphatic hydroxyl groups excluding tert-OH is 1. The van der Waals surface area contributed by atoms with Crippen LogP contribution >= 0.6 is 0 Å². The fraction of sp³-hybridized carbons (Fsp3) is 0.455. The maximum Gasteiger partial charge on any atom is 0.223 e. The van der Waals surface area contributed by atoms with Crippen molar-refractivity contribution >= 4 is 5.91 Å². The van der Waals surface area contributed by atoms with Crippen LogP contribution in [0.4, 0.5) is 0 Å². The second-order valence-corrected chi connectivity index (χ2v) is 7.41. The summed E-state index contributed by atoms with van der Waals surface area (Å²) in [6, 6.07) is 10.1. The van der Waals surface area contributed by atoms with E-state index in [4.69, 9.17) is 5.11 Å². The largest absolute Gasteiger partial charge is 0.395 e. The molecule has 27 heavy (non-hydrogen) atoms. The molecule has 1 aliphatic rings. The second-order valence-electron chi connectivity index (χ2n) is 7.41. The van der Waals surface area contributed by atoms with E-state index < -0.39 is 0 Å². The lowest BCUT2D eigenvalue weighted by Crippen LogP contribution is -2.42. The number of pyridine rings is 1. The lowest BCUT2D eigenvalue weighted by atomic mass is 9.93. The van der Waals surface area contributed by atoms with Crippen molar-refractivity contribution in [3.8, 4) is 0 Å². The molecule has 0 unspecified atom stereocenters. The van der Waals surface area contributed by atoms with E-state index >= 15 is 0 Å². The molecular formula is C22H29N3O2. The van der Waals surface area contributed by atoms with Gasteiger partial charge in [-0.25, -0.2) is 0 Å². The van der Waals surface area contributed by atoms with E-state index in [0.717, 1.165) is 37.1 Å². The Bertz CT molecular complexity index is 755. The Morgan fingerprint density at radius 1 is 1.22 bits per heavy atom. The Balaban J connectivity index is 1.76. The second kappa shape index (κ2) is 9.11. The van der Waals surface area contributed by atoms with Crippen molar-refractivity contribution in [3.63, 3.8) is 0 Å². The van der Waals surface area contributed by atoms with Gasteiger partial charge >= 0.3 is 0 Å². The molecule has 0 saturated carbocycles. The summed E-state index contributed by atoms with van der Waals surface area (Å²) in [6.45, 7) is 6.77. The summed E-state index contributed by atoms with van der Waals surface area (Å²) in [4.78, 5) is 19.4. The van der Waals surface area contributed by atoms with E-state index in [1.165, 1.54) is 11.1 Å². The predicted molar refractivity (Wildman–Crippen MR) is 106 cm³/mol. The summed E-state index contributed by atoms with van der Waals surface area (Å²) in [5.74, 6) is 0.122. The molecular weight excluding hydrogens is 338 g/mol. The van der Waals surface area contributed by atoms with Gasteiger partial charge in [-0.05, 0) is 68.1 Å². The standard InChI is InChI=1S/C22H29N3O2/c1-16-5-6-19(14-17(16)2)21(20-4-3-9-23-15-20)24-22(27)18-7-10-25(11-8-18)12-13-26/h3-6,9,14-15,18,21,26H,7-8,10-13H2,1-2H3,(H,24,27)/t21-/m0/s1. The summed E-state index contributed by atoms with van der Waals surface area (Å²) in [5.41, 5.74) is 4.53. The smallest absolute Gasteiger partial charge is 0.223 e. The molecule has 1 aromatic heterocycles. The Labute approximate surface area is 161 Å². The highest BCUT2D eigenvalue weighted by atomic mass is 16.3. The normalized spacial score (nSPS) is 16.9. The highest BCUT2D eigenvalue weighted by Crippen LogP contribution is 2.25. The number of nitrogens with zero attached hydrogens (tertiary/aromatic N) is 2. The zero-order valence-electron chi connectivity index (χ0n) is 16.2. The molecule has 1 saturated heterocycles. The molecule has 0 spiro atoms. The number of carbonyl (C=O) groups is 1. The molecule has 2 aromatic rings. The average molecular weight is 367 g/mol. The SMILES string of the molecule is Cc1ccc([C@H](NC(=O)C2CCN(CCO)CC2)c2cccnc2)cc1C. The Morgan fingerprint density at radius 3 is 2.63 bits per heavy atom. The maximum absolute atomic E-state index is 13.0. The summed E-state index contributed by atoms with van der Waals surface area (Å²) in [5, 5.41) is 12.3. The number of aliphatic hydroxyl groups is 1. The predicted octanol–water partition coefficient (Wildman–Crippen LogP) is 2.61. The third-order valence-electron chi connectivity index (χ3n) is 5.54. The van der Waals surface area contributed by atoms with Crippen LogP contribution in [0.1, 0.15) is 41.1 Å². The van der Waals surface area contributed by atoms with Crippen molar-refractivity contribution in [2.45, 2.75) is 32.7 Å². The third-order valence-corrected chi connectivity index (χ3v) is 5.54.